The van der Waals surface area contributed by atoms with E-state index >= 15 is 0 Å². The Bertz CT molecular complexity index is 1420. The van der Waals surface area contributed by atoms with Gasteiger partial charge in [0.25, 0.3) is 0 Å². The largest absolute Gasteiger partial charge is 0.394 e. The highest BCUT2D eigenvalue weighted by Crippen LogP contribution is 2.71. The molecular formula is C33H35N3O4S. The number of benzene rings is 3. The van der Waals surface area contributed by atoms with Crippen molar-refractivity contribution in [1.29, 1.82) is 0 Å². The van der Waals surface area contributed by atoms with Gasteiger partial charge < -0.3 is 20.6 Å². The third kappa shape index (κ3) is 4.83. The second-order valence-electron chi connectivity index (χ2n) is 11.6. The molecule has 6 rings (SSSR count). The summed E-state index contributed by atoms with van der Waals surface area (Å²) < 4.78 is -1.23. The fourth-order valence-corrected chi connectivity index (χ4v) is 9.56. The van der Waals surface area contributed by atoms with Crippen molar-refractivity contribution in [2.24, 2.45) is 11.8 Å². The molecule has 3 aromatic rings. The third-order valence-electron chi connectivity index (χ3n) is 9.01. The number of rotatable bonds is 9. The van der Waals surface area contributed by atoms with E-state index in [0.29, 0.717) is 25.1 Å². The first-order valence-corrected chi connectivity index (χ1v) is 15.0. The molecule has 6 atom stereocenters. The molecule has 0 radical (unpaired) electrons. The number of amides is 3. The van der Waals surface area contributed by atoms with Gasteiger partial charge in [-0.1, -0.05) is 78.9 Å². The van der Waals surface area contributed by atoms with Crippen molar-refractivity contribution in [1.82, 2.24) is 10.2 Å². The molecular weight excluding hydrogens is 534 g/mol. The minimum absolute atomic E-state index is 0.194. The van der Waals surface area contributed by atoms with E-state index in [0.717, 1.165) is 17.5 Å². The fourth-order valence-electron chi connectivity index (χ4n) is 7.22. The number of fused-ring (bicyclic) bond motifs is 1. The Hall–Kier alpha value is -3.62. The summed E-state index contributed by atoms with van der Waals surface area (Å²) in [6.07, 6.45) is 1.80. The number of nitrogens with one attached hydrogen (secondary N) is 2. The van der Waals surface area contributed by atoms with Crippen molar-refractivity contribution in [2.45, 2.75) is 54.3 Å². The highest BCUT2D eigenvalue weighted by atomic mass is 32.2. The van der Waals surface area contributed by atoms with Gasteiger partial charge in [0.15, 0.2) is 0 Å². The van der Waals surface area contributed by atoms with Crippen LogP contribution in [0.2, 0.25) is 0 Å². The van der Waals surface area contributed by atoms with Gasteiger partial charge in [0.05, 0.1) is 29.2 Å². The first kappa shape index (κ1) is 27.5. The highest BCUT2D eigenvalue weighted by molar-refractivity contribution is 8.02. The highest BCUT2D eigenvalue weighted by Gasteiger charge is 2.77. The first-order valence-electron chi connectivity index (χ1n) is 14.2. The Balaban J connectivity index is 1.36. The van der Waals surface area contributed by atoms with E-state index < -0.39 is 33.4 Å². The quantitative estimate of drug-likeness (QED) is 0.362. The summed E-state index contributed by atoms with van der Waals surface area (Å²) in [6, 6.07) is 27.3. The zero-order valence-electron chi connectivity index (χ0n) is 23.0. The van der Waals surface area contributed by atoms with Crippen molar-refractivity contribution < 1.29 is 19.5 Å². The van der Waals surface area contributed by atoms with E-state index in [-0.39, 0.29) is 24.3 Å². The molecule has 1 spiro atoms. The van der Waals surface area contributed by atoms with E-state index in [1.54, 1.807) is 16.7 Å². The summed E-state index contributed by atoms with van der Waals surface area (Å²) in [5.74, 6) is -1.91. The van der Waals surface area contributed by atoms with Crippen LogP contribution in [0.1, 0.15) is 30.9 Å². The van der Waals surface area contributed by atoms with Crippen molar-refractivity contribution in [3.05, 3.63) is 102 Å². The van der Waals surface area contributed by atoms with E-state index in [4.69, 9.17) is 0 Å². The number of carbonyl (C=O) groups is 3. The molecule has 0 aliphatic carbocycles. The molecule has 3 amide bonds. The Morgan fingerprint density at radius 3 is 2.17 bits per heavy atom. The maximum atomic E-state index is 14.5. The molecule has 3 heterocycles. The number of para-hydroxylation sites is 1. The monoisotopic (exact) mass is 569 g/mol. The number of hydrogen-bond donors (Lipinski definition) is 3. The molecule has 3 aliphatic rings. The zero-order chi connectivity index (χ0) is 28.6. The summed E-state index contributed by atoms with van der Waals surface area (Å²) >= 11 is 1.63. The molecule has 8 heteroatoms. The maximum absolute atomic E-state index is 14.5. The number of nitrogens with zero attached hydrogens (tertiary/aromatic N) is 1. The molecule has 3 aromatic carbocycles. The maximum Gasteiger partial charge on any atom is 0.244 e. The van der Waals surface area contributed by atoms with Gasteiger partial charge in [-0.25, -0.2) is 0 Å². The number of likely N-dealkylation sites (tertiary alicyclic amines) is 1. The van der Waals surface area contributed by atoms with Crippen LogP contribution in [0, 0.1) is 11.8 Å². The van der Waals surface area contributed by atoms with E-state index in [9.17, 15) is 19.5 Å². The lowest BCUT2D eigenvalue weighted by atomic mass is 9.66. The Kier molecular flexibility index (Phi) is 7.38. The lowest BCUT2D eigenvalue weighted by molar-refractivity contribution is -0.142. The van der Waals surface area contributed by atoms with Gasteiger partial charge in [-0.3, -0.25) is 14.4 Å². The lowest BCUT2D eigenvalue weighted by Gasteiger charge is -2.37. The van der Waals surface area contributed by atoms with Crippen molar-refractivity contribution in [2.75, 3.05) is 11.9 Å². The Morgan fingerprint density at radius 1 is 0.927 bits per heavy atom. The number of carbonyl (C=O) groups excluding carboxylic acids is 3. The van der Waals surface area contributed by atoms with Crippen LogP contribution in [0.15, 0.2) is 91.0 Å². The molecule has 0 saturated carbocycles. The van der Waals surface area contributed by atoms with Crippen molar-refractivity contribution >= 4 is 35.2 Å². The first-order chi connectivity index (χ1) is 19.9. The van der Waals surface area contributed by atoms with Gasteiger partial charge in [0.2, 0.25) is 17.7 Å². The van der Waals surface area contributed by atoms with Crippen LogP contribution in [-0.4, -0.2) is 55.9 Å². The predicted octanol–water partition coefficient (Wildman–Crippen LogP) is 4.03. The van der Waals surface area contributed by atoms with E-state index in [1.807, 2.05) is 91.0 Å². The summed E-state index contributed by atoms with van der Waals surface area (Å²) in [6.45, 7) is 2.11. The predicted molar refractivity (Wildman–Crippen MR) is 160 cm³/mol. The fraction of sp³-hybridized carbons (Fsp3) is 0.364. The average Bonchev–Trinajstić information content (AvgIpc) is 3.57. The molecule has 2 bridgehead atoms. The molecule has 3 fully saturated rings. The van der Waals surface area contributed by atoms with Crippen LogP contribution in [0.5, 0.6) is 0 Å². The number of aliphatic hydroxyl groups is 1. The summed E-state index contributed by atoms with van der Waals surface area (Å²) in [4.78, 5) is 44.1. The van der Waals surface area contributed by atoms with Crippen LogP contribution >= 0.6 is 11.8 Å². The SMILES string of the molecule is C[C@@]12CCC3(S1)C(C(=O)NCc1ccccc1)N([C@@H](CO)Cc1ccccc1)C(=O)[C@@H]3[C@@H]2C(=O)Nc1ccccc1. The summed E-state index contributed by atoms with van der Waals surface area (Å²) in [7, 11) is 0. The summed E-state index contributed by atoms with van der Waals surface area (Å²) in [5.41, 5.74) is 2.61. The van der Waals surface area contributed by atoms with Crippen LogP contribution in [-0.2, 0) is 27.3 Å². The minimum atomic E-state index is -0.800. The molecule has 41 heavy (non-hydrogen) atoms. The van der Waals surface area contributed by atoms with Gasteiger partial charge in [0.1, 0.15) is 6.04 Å². The second-order valence-corrected chi connectivity index (χ2v) is 13.5. The number of anilines is 1. The summed E-state index contributed by atoms with van der Waals surface area (Å²) in [5, 5.41) is 16.7. The number of thioether (sulfide) groups is 1. The van der Waals surface area contributed by atoms with Crippen LogP contribution in [0.25, 0.3) is 0 Å². The molecule has 2 unspecified atom stereocenters. The Labute approximate surface area is 244 Å². The van der Waals surface area contributed by atoms with Crippen LogP contribution < -0.4 is 10.6 Å². The van der Waals surface area contributed by atoms with E-state index in [2.05, 4.69) is 17.6 Å². The number of hydrogen-bond acceptors (Lipinski definition) is 5. The van der Waals surface area contributed by atoms with Crippen molar-refractivity contribution in [3.8, 4) is 0 Å². The van der Waals surface area contributed by atoms with Crippen molar-refractivity contribution in [3.63, 3.8) is 0 Å². The number of aliphatic hydroxyl groups excluding tert-OH is 1. The topological polar surface area (TPSA) is 98.7 Å². The minimum Gasteiger partial charge on any atom is -0.394 e. The smallest absolute Gasteiger partial charge is 0.244 e. The van der Waals surface area contributed by atoms with Gasteiger partial charge in [-0.05, 0) is 49.4 Å². The standard InChI is InChI=1S/C33H35N3O4S/c1-32-17-18-33(41-32)27(26(32)29(38)35-24-15-9-4-10-16-24)31(40)36(25(21-37)19-22-11-5-2-6-12-22)28(33)30(39)34-20-23-13-7-3-8-14-23/h2-16,25-28,37H,17-21H2,1H3,(H,34,39)(H,35,38)/t25-,26-,27+,28?,32+,33?/m1/s1. The van der Waals surface area contributed by atoms with Crippen LogP contribution in [0.4, 0.5) is 5.69 Å². The molecule has 7 nitrogen and oxygen atoms in total. The zero-order valence-corrected chi connectivity index (χ0v) is 23.8. The third-order valence-corrected chi connectivity index (χ3v) is 11.0. The molecule has 3 aliphatic heterocycles. The molecule has 0 aromatic heterocycles. The molecule has 212 valence electrons. The molecule has 3 saturated heterocycles. The van der Waals surface area contributed by atoms with E-state index in [1.165, 1.54) is 0 Å². The normalized spacial score (nSPS) is 28.8. The Morgan fingerprint density at radius 2 is 1.54 bits per heavy atom. The van der Waals surface area contributed by atoms with Crippen LogP contribution in [0.3, 0.4) is 0 Å². The van der Waals surface area contributed by atoms with Gasteiger partial charge in [0, 0.05) is 17.0 Å². The van der Waals surface area contributed by atoms with Gasteiger partial charge in [-0.2, -0.15) is 0 Å². The average molecular weight is 570 g/mol. The van der Waals surface area contributed by atoms with Gasteiger partial charge >= 0.3 is 0 Å². The lowest BCUT2D eigenvalue weighted by Crippen LogP contribution is -2.56. The molecule has 3 N–H and O–H groups in total. The van der Waals surface area contributed by atoms with Gasteiger partial charge in [-0.15, -0.1) is 11.8 Å². The second kappa shape index (κ2) is 11.0.